The lowest BCUT2D eigenvalue weighted by molar-refractivity contribution is 0.257. The first-order chi connectivity index (χ1) is 5.58. The third-order valence-corrected chi connectivity index (χ3v) is 3.90. The van der Waals surface area contributed by atoms with Crippen LogP contribution in [0.25, 0.3) is 0 Å². The Bertz CT molecular complexity index is 185. The minimum Gasteiger partial charge on any atom is -0.319 e. The fourth-order valence-corrected chi connectivity index (χ4v) is 3.39. The van der Waals surface area contributed by atoms with E-state index in [9.17, 15) is 0 Å². The molecule has 0 aromatic rings. The Balaban J connectivity index is 2.12. The number of rotatable bonds is 2. The van der Waals surface area contributed by atoms with E-state index in [-0.39, 0.29) is 0 Å². The molecule has 2 atom stereocenters. The molecule has 2 aliphatic rings. The van der Waals surface area contributed by atoms with Gasteiger partial charge < -0.3 is 5.32 Å². The summed E-state index contributed by atoms with van der Waals surface area (Å²) in [7, 11) is 2.07. The summed E-state index contributed by atoms with van der Waals surface area (Å²) in [4.78, 5) is 0. The third-order valence-electron chi connectivity index (χ3n) is 3.90. The predicted molar refractivity (Wildman–Crippen MR) is 51.8 cm³/mol. The maximum Gasteiger partial charge on any atom is 0.000788 e. The standard InChI is InChI=1S/C11H20N/c1-10(2)7-11(8-12-3)5-4-9(10)6-11/h7,9,12H,4-6,8H2,1-3H3/t9-,11+/m0/s1. The smallest absolute Gasteiger partial charge is 0.000788 e. The maximum atomic E-state index is 3.33. The van der Waals surface area contributed by atoms with E-state index in [0.29, 0.717) is 10.8 Å². The van der Waals surface area contributed by atoms with Gasteiger partial charge in [0.15, 0.2) is 0 Å². The molecule has 1 radical (unpaired) electrons. The van der Waals surface area contributed by atoms with Gasteiger partial charge in [-0.15, -0.1) is 0 Å². The molecular formula is C11H20N. The lowest BCUT2D eigenvalue weighted by Gasteiger charge is -2.34. The van der Waals surface area contributed by atoms with E-state index in [1.54, 1.807) is 0 Å². The first-order valence-corrected chi connectivity index (χ1v) is 5.10. The lowest BCUT2D eigenvalue weighted by atomic mass is 9.72. The molecule has 0 amide bonds. The zero-order valence-corrected chi connectivity index (χ0v) is 8.48. The van der Waals surface area contributed by atoms with Gasteiger partial charge in [-0.3, -0.25) is 0 Å². The molecule has 2 bridgehead atoms. The van der Waals surface area contributed by atoms with Crippen LogP contribution < -0.4 is 5.32 Å². The van der Waals surface area contributed by atoms with Crippen molar-refractivity contribution in [2.75, 3.05) is 13.6 Å². The molecule has 0 unspecified atom stereocenters. The van der Waals surface area contributed by atoms with E-state index >= 15 is 0 Å². The number of hydrogen-bond donors (Lipinski definition) is 1. The number of nitrogens with one attached hydrogen (secondary N) is 1. The largest absolute Gasteiger partial charge is 0.319 e. The molecule has 0 aromatic carbocycles. The quantitative estimate of drug-likeness (QED) is 0.663. The van der Waals surface area contributed by atoms with E-state index in [1.807, 2.05) is 0 Å². The van der Waals surface area contributed by atoms with Crippen molar-refractivity contribution in [2.24, 2.45) is 16.7 Å². The van der Waals surface area contributed by atoms with Crippen LogP contribution in [-0.2, 0) is 0 Å². The van der Waals surface area contributed by atoms with Gasteiger partial charge >= 0.3 is 0 Å². The van der Waals surface area contributed by atoms with E-state index < -0.39 is 0 Å². The minimum atomic E-state index is 0.509. The lowest BCUT2D eigenvalue weighted by Crippen LogP contribution is -2.32. The fourth-order valence-electron chi connectivity index (χ4n) is 3.39. The number of hydrogen-bond acceptors (Lipinski definition) is 1. The maximum absolute atomic E-state index is 3.33. The summed E-state index contributed by atoms with van der Waals surface area (Å²) < 4.78 is 0. The molecule has 1 N–H and O–H groups in total. The second-order valence-corrected chi connectivity index (χ2v) is 5.30. The van der Waals surface area contributed by atoms with Crippen LogP contribution in [0.5, 0.6) is 0 Å². The summed E-state index contributed by atoms with van der Waals surface area (Å²) in [5.74, 6) is 0.964. The third kappa shape index (κ3) is 1.10. The normalized spacial score (nSPS) is 43.8. The van der Waals surface area contributed by atoms with Crippen LogP contribution in [0, 0.1) is 23.2 Å². The molecule has 1 heteroatoms. The van der Waals surface area contributed by atoms with Crippen molar-refractivity contribution < 1.29 is 0 Å². The van der Waals surface area contributed by atoms with Crippen LogP contribution in [0.3, 0.4) is 0 Å². The van der Waals surface area contributed by atoms with Gasteiger partial charge in [0.05, 0.1) is 0 Å². The van der Waals surface area contributed by atoms with Crippen LogP contribution in [0.2, 0.25) is 0 Å². The molecule has 0 spiro atoms. The highest BCUT2D eigenvalue weighted by atomic mass is 14.8. The average molecular weight is 166 g/mol. The molecule has 12 heavy (non-hydrogen) atoms. The minimum absolute atomic E-state index is 0.509. The molecule has 2 saturated carbocycles. The topological polar surface area (TPSA) is 12.0 Å². The molecule has 69 valence electrons. The van der Waals surface area contributed by atoms with Crippen LogP contribution >= 0.6 is 0 Å². The molecule has 2 rings (SSSR count). The first-order valence-electron chi connectivity index (χ1n) is 5.10. The van der Waals surface area contributed by atoms with Crippen molar-refractivity contribution >= 4 is 0 Å². The van der Waals surface area contributed by atoms with Crippen molar-refractivity contribution in [2.45, 2.75) is 33.1 Å². The molecule has 0 aromatic heterocycles. The van der Waals surface area contributed by atoms with Crippen LogP contribution in [0.15, 0.2) is 0 Å². The van der Waals surface area contributed by atoms with Crippen molar-refractivity contribution in [1.29, 1.82) is 0 Å². The van der Waals surface area contributed by atoms with Gasteiger partial charge in [-0.1, -0.05) is 13.8 Å². The van der Waals surface area contributed by atoms with Crippen molar-refractivity contribution in [3.8, 4) is 0 Å². The molecule has 0 heterocycles. The zero-order valence-electron chi connectivity index (χ0n) is 8.48. The van der Waals surface area contributed by atoms with Crippen molar-refractivity contribution in [3.05, 3.63) is 6.42 Å². The van der Waals surface area contributed by atoms with Gasteiger partial charge in [0.25, 0.3) is 0 Å². The van der Waals surface area contributed by atoms with Crippen LogP contribution in [-0.4, -0.2) is 13.6 Å². The second kappa shape index (κ2) is 2.47. The van der Waals surface area contributed by atoms with Crippen LogP contribution in [0.1, 0.15) is 33.1 Å². The SMILES string of the molecule is CNC[C@]12[CH]C(C)(C)[C@@H](CC1)C2. The van der Waals surface area contributed by atoms with Crippen LogP contribution in [0.4, 0.5) is 0 Å². The van der Waals surface area contributed by atoms with Crippen molar-refractivity contribution in [1.82, 2.24) is 5.32 Å². The summed E-state index contributed by atoms with van der Waals surface area (Å²) >= 11 is 0. The van der Waals surface area contributed by atoms with E-state index in [0.717, 1.165) is 5.92 Å². The Morgan fingerprint density at radius 2 is 2.25 bits per heavy atom. The van der Waals surface area contributed by atoms with E-state index in [2.05, 4.69) is 32.6 Å². The van der Waals surface area contributed by atoms with Gasteiger partial charge in [0.2, 0.25) is 0 Å². The van der Waals surface area contributed by atoms with Gasteiger partial charge in [-0.25, -0.2) is 0 Å². The Morgan fingerprint density at radius 1 is 1.50 bits per heavy atom. The Hall–Kier alpha value is -0.0400. The summed E-state index contributed by atoms with van der Waals surface area (Å²) in [5.41, 5.74) is 1.07. The van der Waals surface area contributed by atoms with Gasteiger partial charge in [-0.05, 0) is 49.5 Å². The van der Waals surface area contributed by atoms with E-state index in [4.69, 9.17) is 0 Å². The Morgan fingerprint density at radius 3 is 2.67 bits per heavy atom. The predicted octanol–water partition coefficient (Wildman–Crippen LogP) is 2.24. The molecular weight excluding hydrogens is 146 g/mol. The van der Waals surface area contributed by atoms with E-state index in [1.165, 1.54) is 25.8 Å². The second-order valence-electron chi connectivity index (χ2n) is 5.30. The van der Waals surface area contributed by atoms with Crippen molar-refractivity contribution in [3.63, 3.8) is 0 Å². The Labute approximate surface area is 75.9 Å². The molecule has 2 aliphatic carbocycles. The number of fused-ring (bicyclic) bond motifs is 2. The van der Waals surface area contributed by atoms with Gasteiger partial charge in [0.1, 0.15) is 0 Å². The highest BCUT2D eigenvalue weighted by Crippen LogP contribution is 2.61. The summed E-state index contributed by atoms with van der Waals surface area (Å²) in [6, 6.07) is 0. The summed E-state index contributed by atoms with van der Waals surface area (Å²) in [5, 5.41) is 3.33. The average Bonchev–Trinajstić information content (AvgIpc) is 2.41. The monoisotopic (exact) mass is 166 g/mol. The molecule has 0 aliphatic heterocycles. The summed E-state index contributed by atoms with van der Waals surface area (Å²) in [6.07, 6.45) is 6.92. The van der Waals surface area contributed by atoms with Gasteiger partial charge in [-0.2, -0.15) is 0 Å². The highest BCUT2D eigenvalue weighted by molar-refractivity contribution is 5.16. The fraction of sp³-hybridized carbons (Fsp3) is 0.909. The molecule has 2 fully saturated rings. The zero-order chi connectivity index (χ0) is 8.82. The van der Waals surface area contributed by atoms with Gasteiger partial charge in [0, 0.05) is 6.54 Å². The summed E-state index contributed by atoms with van der Waals surface area (Å²) in [6.45, 7) is 5.98. The molecule has 0 saturated heterocycles. The highest BCUT2D eigenvalue weighted by Gasteiger charge is 2.53. The Kier molecular flexibility index (Phi) is 1.76. The molecule has 1 nitrogen and oxygen atoms in total. The first kappa shape index (κ1) is 8.55.